The average Bonchev–Trinajstić information content (AvgIpc) is 3.05. The van der Waals surface area contributed by atoms with Crippen molar-refractivity contribution in [2.75, 3.05) is 59.4 Å². The predicted molar refractivity (Wildman–Crippen MR) is 198 cm³/mol. The van der Waals surface area contributed by atoms with E-state index < -0.39 is 0 Å². The van der Waals surface area contributed by atoms with Crippen LogP contribution in [-0.2, 0) is 19.1 Å². The van der Waals surface area contributed by atoms with E-state index in [2.05, 4.69) is 41.4 Å². The third-order valence-corrected chi connectivity index (χ3v) is 9.49. The van der Waals surface area contributed by atoms with E-state index in [9.17, 15) is 14.4 Å². The van der Waals surface area contributed by atoms with E-state index >= 15 is 0 Å². The molecule has 0 spiro atoms. The van der Waals surface area contributed by atoms with E-state index in [0.717, 1.165) is 76.8 Å². The number of unbranched alkanes of at least 4 members (excludes halogenated alkanes) is 19. The number of ether oxygens (including phenoxy) is 1. The number of carbonyl (C=O) groups excluding carboxylic acids is 3. The Morgan fingerprint density at radius 3 is 1.52 bits per heavy atom. The molecule has 0 heterocycles. The fourth-order valence-corrected chi connectivity index (χ4v) is 6.48. The standard InChI is InChI=1S/C38H73N3O4S/c1-39-36(42)29-25-21-17-13-9-5-7-11-15-19-23-27-31-41(37(43)35-46-34-33-40(2)3)32-28-24-20-16-12-8-6-10-14-18-22-26-30-38(44)45-4/h5,9H,6-8,10-35H2,1-4H3,(H,39,42)/b9-5+. The maximum absolute atomic E-state index is 13.0. The number of allylic oxidation sites excluding steroid dienone is 2. The maximum atomic E-state index is 13.0. The molecular formula is C38H73N3O4S. The van der Waals surface area contributed by atoms with Gasteiger partial charge in [-0.1, -0.05) is 102 Å². The maximum Gasteiger partial charge on any atom is 0.305 e. The highest BCUT2D eigenvalue weighted by Gasteiger charge is 2.13. The second-order valence-electron chi connectivity index (χ2n) is 13.1. The number of amides is 2. The Kier molecular flexibility index (Phi) is 33.6. The summed E-state index contributed by atoms with van der Waals surface area (Å²) in [7, 11) is 7.33. The molecule has 0 aliphatic rings. The minimum Gasteiger partial charge on any atom is -0.469 e. The lowest BCUT2D eigenvalue weighted by molar-refractivity contribution is -0.140. The van der Waals surface area contributed by atoms with Crippen LogP contribution < -0.4 is 5.32 Å². The van der Waals surface area contributed by atoms with Gasteiger partial charge in [0.1, 0.15) is 0 Å². The lowest BCUT2D eigenvalue weighted by atomic mass is 10.0. The molecule has 0 unspecified atom stereocenters. The van der Waals surface area contributed by atoms with Gasteiger partial charge in [0.25, 0.3) is 0 Å². The van der Waals surface area contributed by atoms with E-state index in [-0.39, 0.29) is 11.9 Å². The van der Waals surface area contributed by atoms with Crippen LogP contribution in [-0.4, -0.2) is 87.0 Å². The van der Waals surface area contributed by atoms with Gasteiger partial charge in [0.15, 0.2) is 0 Å². The fourth-order valence-electron chi connectivity index (χ4n) is 5.48. The number of hydrogen-bond donors (Lipinski definition) is 1. The van der Waals surface area contributed by atoms with Gasteiger partial charge in [0, 0.05) is 45.3 Å². The van der Waals surface area contributed by atoms with Crippen molar-refractivity contribution >= 4 is 29.5 Å². The first-order valence-electron chi connectivity index (χ1n) is 18.8. The highest BCUT2D eigenvalue weighted by molar-refractivity contribution is 7.99. The van der Waals surface area contributed by atoms with Crippen LogP contribution in [0.3, 0.4) is 0 Å². The topological polar surface area (TPSA) is 79.0 Å². The van der Waals surface area contributed by atoms with Gasteiger partial charge in [-0.05, 0) is 65.5 Å². The molecule has 0 atom stereocenters. The van der Waals surface area contributed by atoms with E-state index in [1.165, 1.54) is 97.0 Å². The largest absolute Gasteiger partial charge is 0.469 e. The van der Waals surface area contributed by atoms with Gasteiger partial charge >= 0.3 is 5.97 Å². The molecule has 2 amide bonds. The number of nitrogens with one attached hydrogen (secondary N) is 1. The number of nitrogens with zero attached hydrogens (tertiary/aromatic N) is 2. The Morgan fingerprint density at radius 2 is 1.04 bits per heavy atom. The van der Waals surface area contributed by atoms with Gasteiger partial charge < -0.3 is 19.9 Å². The van der Waals surface area contributed by atoms with Crippen LogP contribution in [0.15, 0.2) is 12.2 Å². The Morgan fingerprint density at radius 1 is 0.609 bits per heavy atom. The van der Waals surface area contributed by atoms with E-state index in [1.807, 2.05) is 0 Å². The molecule has 270 valence electrons. The van der Waals surface area contributed by atoms with Crippen molar-refractivity contribution in [1.29, 1.82) is 0 Å². The summed E-state index contributed by atoms with van der Waals surface area (Å²) in [5, 5.41) is 2.68. The van der Waals surface area contributed by atoms with Gasteiger partial charge in [0.05, 0.1) is 12.9 Å². The molecular weight excluding hydrogens is 595 g/mol. The van der Waals surface area contributed by atoms with Crippen molar-refractivity contribution in [2.24, 2.45) is 0 Å². The Hall–Kier alpha value is -1.54. The molecule has 0 aromatic rings. The molecule has 46 heavy (non-hydrogen) atoms. The number of rotatable bonds is 34. The molecule has 0 saturated heterocycles. The quantitative estimate of drug-likeness (QED) is 0.0419. The summed E-state index contributed by atoms with van der Waals surface area (Å²) in [6.07, 6.45) is 32.3. The van der Waals surface area contributed by atoms with E-state index in [1.54, 1.807) is 18.8 Å². The van der Waals surface area contributed by atoms with Crippen molar-refractivity contribution in [1.82, 2.24) is 15.1 Å². The van der Waals surface area contributed by atoms with Gasteiger partial charge in [-0.25, -0.2) is 0 Å². The third-order valence-electron chi connectivity index (χ3n) is 8.57. The Labute approximate surface area is 288 Å². The summed E-state index contributed by atoms with van der Waals surface area (Å²) in [6, 6.07) is 0. The van der Waals surface area contributed by atoms with Gasteiger partial charge in [0.2, 0.25) is 11.8 Å². The summed E-state index contributed by atoms with van der Waals surface area (Å²) in [5.41, 5.74) is 0. The van der Waals surface area contributed by atoms with Crippen LogP contribution in [0, 0.1) is 0 Å². The van der Waals surface area contributed by atoms with Gasteiger partial charge in [-0.3, -0.25) is 14.4 Å². The van der Waals surface area contributed by atoms with Crippen LogP contribution >= 0.6 is 11.8 Å². The highest BCUT2D eigenvalue weighted by Crippen LogP contribution is 2.14. The summed E-state index contributed by atoms with van der Waals surface area (Å²) in [5.74, 6) is 2.00. The molecule has 0 rings (SSSR count). The summed E-state index contributed by atoms with van der Waals surface area (Å²) in [4.78, 5) is 39.7. The number of methoxy groups -OCH3 is 1. The molecule has 8 heteroatoms. The number of carbonyl (C=O) groups is 3. The summed E-state index contributed by atoms with van der Waals surface area (Å²) < 4.78 is 4.69. The smallest absolute Gasteiger partial charge is 0.305 e. The first kappa shape index (κ1) is 44.5. The number of esters is 1. The van der Waals surface area contributed by atoms with Crippen molar-refractivity contribution in [3.05, 3.63) is 12.2 Å². The van der Waals surface area contributed by atoms with Crippen molar-refractivity contribution in [2.45, 2.75) is 154 Å². The minimum atomic E-state index is -0.0875. The van der Waals surface area contributed by atoms with Gasteiger partial charge in [-0.2, -0.15) is 11.8 Å². The molecule has 0 aliphatic carbocycles. The van der Waals surface area contributed by atoms with Crippen LogP contribution in [0.5, 0.6) is 0 Å². The van der Waals surface area contributed by atoms with E-state index in [4.69, 9.17) is 4.74 Å². The highest BCUT2D eigenvalue weighted by atomic mass is 32.2. The zero-order chi connectivity index (χ0) is 33.9. The van der Waals surface area contributed by atoms with Crippen LogP contribution in [0.4, 0.5) is 0 Å². The Balaban J connectivity index is 3.97. The monoisotopic (exact) mass is 668 g/mol. The average molecular weight is 668 g/mol. The lowest BCUT2D eigenvalue weighted by Gasteiger charge is -2.23. The van der Waals surface area contributed by atoms with E-state index in [0.29, 0.717) is 24.5 Å². The number of thioether (sulfide) groups is 1. The predicted octanol–water partition coefficient (Wildman–Crippen LogP) is 8.95. The van der Waals surface area contributed by atoms with Crippen molar-refractivity contribution in [3.8, 4) is 0 Å². The lowest BCUT2D eigenvalue weighted by Crippen LogP contribution is -2.34. The SMILES string of the molecule is CNC(=O)CCCCC/C=C/CCCCCCCN(CCCCCCCCCCCCCCC(=O)OC)C(=O)CSCCN(C)C. The molecule has 0 bridgehead atoms. The Bertz CT molecular complexity index is 747. The van der Waals surface area contributed by atoms with Gasteiger partial charge in [-0.15, -0.1) is 0 Å². The van der Waals surface area contributed by atoms with Crippen molar-refractivity contribution < 1.29 is 19.1 Å². The normalized spacial score (nSPS) is 11.4. The first-order valence-corrected chi connectivity index (χ1v) is 20.0. The van der Waals surface area contributed by atoms with Crippen LogP contribution in [0.25, 0.3) is 0 Å². The molecule has 0 aromatic heterocycles. The fraction of sp³-hybridized carbons (Fsp3) is 0.868. The number of hydrogen-bond acceptors (Lipinski definition) is 6. The second-order valence-corrected chi connectivity index (χ2v) is 14.2. The molecule has 0 aromatic carbocycles. The van der Waals surface area contributed by atoms with Crippen LogP contribution in [0.2, 0.25) is 0 Å². The molecule has 0 aliphatic heterocycles. The molecule has 0 fully saturated rings. The molecule has 0 radical (unpaired) electrons. The summed E-state index contributed by atoms with van der Waals surface area (Å²) in [6.45, 7) is 2.85. The third kappa shape index (κ3) is 32.4. The van der Waals surface area contributed by atoms with Crippen LogP contribution in [0.1, 0.15) is 154 Å². The summed E-state index contributed by atoms with van der Waals surface area (Å²) >= 11 is 1.77. The van der Waals surface area contributed by atoms with Crippen molar-refractivity contribution in [3.63, 3.8) is 0 Å². The zero-order valence-electron chi connectivity index (χ0n) is 30.6. The minimum absolute atomic E-state index is 0.0875. The molecule has 7 nitrogen and oxygen atoms in total. The molecule has 1 N–H and O–H groups in total. The molecule has 0 saturated carbocycles. The second kappa shape index (κ2) is 34.8. The zero-order valence-corrected chi connectivity index (χ0v) is 31.4. The first-order chi connectivity index (χ1) is 22.4.